The van der Waals surface area contributed by atoms with Crippen molar-refractivity contribution in [2.45, 2.75) is 30.9 Å². The Balaban J connectivity index is 1.46. The molecule has 3 rings (SSSR count). The summed E-state index contributed by atoms with van der Waals surface area (Å²) in [6, 6.07) is 7.98. The van der Waals surface area contributed by atoms with Gasteiger partial charge >= 0.3 is 0 Å². The smallest absolute Gasteiger partial charge is 0.234 e. The molecule has 2 aliphatic rings. The summed E-state index contributed by atoms with van der Waals surface area (Å²) < 4.78 is 22.8. The van der Waals surface area contributed by atoms with Gasteiger partial charge in [-0.25, -0.2) is 8.42 Å². The summed E-state index contributed by atoms with van der Waals surface area (Å²) in [4.78, 5) is 14.4. The molecule has 2 aliphatic heterocycles. The average molecular weight is 369 g/mol. The van der Waals surface area contributed by atoms with Crippen LogP contribution in [0.2, 0.25) is 0 Å². The van der Waals surface area contributed by atoms with Gasteiger partial charge < -0.3 is 10.2 Å². The summed E-state index contributed by atoms with van der Waals surface area (Å²) in [7, 11) is -2.88. The van der Waals surface area contributed by atoms with Gasteiger partial charge in [0.1, 0.15) is 0 Å². The van der Waals surface area contributed by atoms with E-state index in [-0.39, 0.29) is 22.7 Å². The molecule has 2 fully saturated rings. The predicted octanol–water partition coefficient (Wildman–Crippen LogP) is 2.54. The van der Waals surface area contributed by atoms with Gasteiger partial charge in [-0.1, -0.05) is 0 Å². The summed E-state index contributed by atoms with van der Waals surface area (Å²) in [6.45, 7) is 2.21. The molecule has 132 valence electrons. The number of benzene rings is 1. The number of piperidine rings is 1. The largest absolute Gasteiger partial charge is 0.372 e. The van der Waals surface area contributed by atoms with Crippen molar-refractivity contribution >= 4 is 38.9 Å². The molecule has 0 aliphatic carbocycles. The van der Waals surface area contributed by atoms with E-state index in [0.29, 0.717) is 12.2 Å². The molecule has 1 N–H and O–H groups in total. The minimum atomic E-state index is -2.88. The molecular formula is C17H24N2O3S2. The third-order valence-corrected chi connectivity index (χ3v) is 7.79. The van der Waals surface area contributed by atoms with Crippen LogP contribution in [-0.4, -0.2) is 49.9 Å². The highest BCUT2D eigenvalue weighted by Gasteiger charge is 2.28. The van der Waals surface area contributed by atoms with Crippen molar-refractivity contribution in [1.82, 2.24) is 0 Å². The highest BCUT2D eigenvalue weighted by molar-refractivity contribution is 8.02. The Morgan fingerprint density at radius 1 is 1.17 bits per heavy atom. The van der Waals surface area contributed by atoms with E-state index in [1.165, 1.54) is 36.7 Å². The molecular weight excluding hydrogens is 344 g/mol. The monoisotopic (exact) mass is 368 g/mol. The van der Waals surface area contributed by atoms with Gasteiger partial charge in [-0.2, -0.15) is 0 Å². The van der Waals surface area contributed by atoms with Gasteiger partial charge in [-0.15, -0.1) is 11.8 Å². The summed E-state index contributed by atoms with van der Waals surface area (Å²) in [6.07, 6.45) is 4.45. The molecule has 7 heteroatoms. The van der Waals surface area contributed by atoms with E-state index in [1.54, 1.807) is 0 Å². The first-order valence-corrected chi connectivity index (χ1v) is 11.4. The minimum absolute atomic E-state index is 0.0576. The molecule has 1 aromatic carbocycles. The van der Waals surface area contributed by atoms with Crippen LogP contribution in [0.3, 0.4) is 0 Å². The number of hydrogen-bond donors (Lipinski definition) is 1. The molecule has 0 bridgehead atoms. The Kier molecular flexibility index (Phi) is 5.71. The molecule has 1 amide bonds. The number of nitrogens with zero attached hydrogens (tertiary/aromatic N) is 1. The van der Waals surface area contributed by atoms with Crippen molar-refractivity contribution in [2.24, 2.45) is 0 Å². The van der Waals surface area contributed by atoms with E-state index in [2.05, 4.69) is 22.3 Å². The van der Waals surface area contributed by atoms with E-state index in [0.717, 1.165) is 18.8 Å². The van der Waals surface area contributed by atoms with Crippen LogP contribution >= 0.6 is 11.8 Å². The summed E-state index contributed by atoms with van der Waals surface area (Å²) in [5.41, 5.74) is 2.00. The molecule has 5 nitrogen and oxygen atoms in total. The van der Waals surface area contributed by atoms with Crippen LogP contribution in [0.1, 0.15) is 25.7 Å². The molecule has 24 heavy (non-hydrogen) atoms. The van der Waals surface area contributed by atoms with Gasteiger partial charge in [0, 0.05) is 29.7 Å². The lowest BCUT2D eigenvalue weighted by Crippen LogP contribution is -2.29. The molecule has 1 aromatic rings. The molecule has 0 unspecified atom stereocenters. The number of carbonyl (C=O) groups is 1. The number of nitrogens with one attached hydrogen (secondary N) is 1. The van der Waals surface area contributed by atoms with Crippen LogP contribution < -0.4 is 10.2 Å². The van der Waals surface area contributed by atoms with Crippen molar-refractivity contribution in [3.8, 4) is 0 Å². The van der Waals surface area contributed by atoms with Crippen LogP contribution in [0.15, 0.2) is 24.3 Å². The topological polar surface area (TPSA) is 66.5 Å². The lowest BCUT2D eigenvalue weighted by Gasteiger charge is -2.28. The summed E-state index contributed by atoms with van der Waals surface area (Å²) in [5, 5.41) is 2.95. The maximum Gasteiger partial charge on any atom is 0.234 e. The van der Waals surface area contributed by atoms with E-state index in [4.69, 9.17) is 0 Å². The van der Waals surface area contributed by atoms with E-state index < -0.39 is 9.84 Å². The SMILES string of the molecule is O=C(CS[C@H]1CCS(=O)(=O)C1)Nc1ccc(N2CCCCC2)cc1. The second-order valence-corrected chi connectivity index (χ2v) is 10.00. The number of amides is 1. The molecule has 0 aromatic heterocycles. The third kappa shape index (κ3) is 4.89. The first kappa shape index (κ1) is 17.6. The van der Waals surface area contributed by atoms with Gasteiger partial charge in [0.2, 0.25) is 5.91 Å². The van der Waals surface area contributed by atoms with E-state index in [1.807, 2.05) is 12.1 Å². The van der Waals surface area contributed by atoms with Gasteiger partial charge in [-0.05, 0) is 49.9 Å². The van der Waals surface area contributed by atoms with E-state index >= 15 is 0 Å². The second kappa shape index (κ2) is 7.78. The number of anilines is 2. The first-order valence-electron chi connectivity index (χ1n) is 8.49. The van der Waals surface area contributed by atoms with Crippen LogP contribution in [0.25, 0.3) is 0 Å². The zero-order chi connectivity index (χ0) is 17.0. The Bertz CT molecular complexity index is 668. The van der Waals surface area contributed by atoms with Gasteiger partial charge in [0.25, 0.3) is 0 Å². The van der Waals surface area contributed by atoms with Crippen LogP contribution in [0.5, 0.6) is 0 Å². The molecule has 0 radical (unpaired) electrons. The summed E-state index contributed by atoms with van der Waals surface area (Å²) in [5.74, 6) is 0.684. The Morgan fingerprint density at radius 3 is 2.50 bits per heavy atom. The van der Waals surface area contributed by atoms with Crippen molar-refractivity contribution < 1.29 is 13.2 Å². The van der Waals surface area contributed by atoms with Gasteiger partial charge in [0.05, 0.1) is 17.3 Å². The number of thioether (sulfide) groups is 1. The standard InChI is InChI=1S/C17H24N2O3S2/c20-17(12-23-16-8-11-24(21,22)13-16)18-14-4-6-15(7-5-14)19-9-2-1-3-10-19/h4-7,16H,1-3,8-13H2,(H,18,20)/t16-/m0/s1. The van der Waals surface area contributed by atoms with E-state index in [9.17, 15) is 13.2 Å². The Hall–Kier alpha value is -1.21. The summed E-state index contributed by atoms with van der Waals surface area (Å²) >= 11 is 1.44. The van der Waals surface area contributed by atoms with Crippen molar-refractivity contribution in [3.63, 3.8) is 0 Å². The number of rotatable bonds is 5. The predicted molar refractivity (Wildman–Crippen MR) is 101 cm³/mol. The van der Waals surface area contributed by atoms with Gasteiger partial charge in [-0.3, -0.25) is 4.79 Å². The van der Waals surface area contributed by atoms with Crippen LogP contribution in [-0.2, 0) is 14.6 Å². The maximum absolute atomic E-state index is 12.0. The van der Waals surface area contributed by atoms with Crippen LogP contribution in [0.4, 0.5) is 11.4 Å². The highest BCUT2D eigenvalue weighted by atomic mass is 32.2. The normalized spacial score (nSPS) is 23.2. The fourth-order valence-electron chi connectivity index (χ4n) is 3.19. The zero-order valence-corrected chi connectivity index (χ0v) is 15.4. The Morgan fingerprint density at radius 2 is 1.88 bits per heavy atom. The molecule has 0 saturated carbocycles. The highest BCUT2D eigenvalue weighted by Crippen LogP contribution is 2.25. The van der Waals surface area contributed by atoms with Crippen molar-refractivity contribution in [3.05, 3.63) is 24.3 Å². The number of hydrogen-bond acceptors (Lipinski definition) is 5. The third-order valence-electron chi connectivity index (χ3n) is 4.51. The number of sulfone groups is 1. The molecule has 0 spiro atoms. The minimum Gasteiger partial charge on any atom is -0.372 e. The molecule has 2 heterocycles. The second-order valence-electron chi connectivity index (χ2n) is 6.48. The quantitative estimate of drug-likeness (QED) is 0.865. The lowest BCUT2D eigenvalue weighted by atomic mass is 10.1. The zero-order valence-electron chi connectivity index (χ0n) is 13.7. The van der Waals surface area contributed by atoms with Crippen LogP contribution in [0, 0.1) is 0 Å². The van der Waals surface area contributed by atoms with Gasteiger partial charge in [0.15, 0.2) is 9.84 Å². The van der Waals surface area contributed by atoms with Crippen molar-refractivity contribution in [2.75, 3.05) is 40.6 Å². The first-order chi connectivity index (χ1) is 11.5. The fourth-order valence-corrected chi connectivity index (χ4v) is 6.63. The average Bonchev–Trinajstić information content (AvgIpc) is 2.94. The lowest BCUT2D eigenvalue weighted by molar-refractivity contribution is -0.113. The Labute approximate surface area is 148 Å². The molecule has 2 saturated heterocycles. The maximum atomic E-state index is 12.0. The van der Waals surface area contributed by atoms with Crippen molar-refractivity contribution in [1.29, 1.82) is 0 Å². The molecule has 1 atom stereocenters. The number of carbonyl (C=O) groups excluding carboxylic acids is 1. The fraction of sp³-hybridized carbons (Fsp3) is 0.588.